The number of fused-ring (bicyclic) bond motifs is 1. The zero-order chi connectivity index (χ0) is 19.5. The molecule has 0 bridgehead atoms. The molecule has 2 aromatic carbocycles. The molecule has 142 valence electrons. The van der Waals surface area contributed by atoms with E-state index in [1.807, 2.05) is 30.0 Å². The minimum absolute atomic E-state index is 0.0731. The summed E-state index contributed by atoms with van der Waals surface area (Å²) in [7, 11) is 0. The van der Waals surface area contributed by atoms with Crippen LogP contribution in [0.5, 0.6) is 0 Å². The number of hydrogen-bond acceptors (Lipinski definition) is 4. The summed E-state index contributed by atoms with van der Waals surface area (Å²) in [6.07, 6.45) is 1.97. The van der Waals surface area contributed by atoms with Gasteiger partial charge in [0.2, 0.25) is 0 Å². The molecule has 1 amide bonds. The predicted octanol–water partition coefficient (Wildman–Crippen LogP) is 4.30. The minimum atomic E-state index is -0.0731. The van der Waals surface area contributed by atoms with Crippen molar-refractivity contribution in [2.45, 2.75) is 33.2 Å². The smallest absolute Gasteiger partial charge is 0.277 e. The molecule has 1 N–H and O–H groups in total. The van der Waals surface area contributed by atoms with E-state index in [-0.39, 0.29) is 5.91 Å². The fourth-order valence-corrected chi connectivity index (χ4v) is 3.55. The molecule has 5 nitrogen and oxygen atoms in total. The molecule has 0 aliphatic carbocycles. The van der Waals surface area contributed by atoms with Gasteiger partial charge in [-0.15, -0.1) is 0 Å². The molecule has 4 rings (SSSR count). The molecule has 0 saturated heterocycles. The number of nitrogens with one attached hydrogen (secondary N) is 1. The Balaban J connectivity index is 1.55. The van der Waals surface area contributed by atoms with Gasteiger partial charge in [-0.1, -0.05) is 48.0 Å². The Kier molecular flexibility index (Phi) is 5.06. The van der Waals surface area contributed by atoms with Gasteiger partial charge in [0.25, 0.3) is 5.91 Å². The Morgan fingerprint density at radius 3 is 2.68 bits per heavy atom. The van der Waals surface area contributed by atoms with Gasteiger partial charge in [-0.2, -0.15) is 0 Å². The number of para-hydroxylation sites is 1. The number of rotatable bonds is 4. The standard InChI is InChI=1S/C23H24N4O/c1-16-9-11-18(12-10-16)15-24-22-14-20(25-17(2)26-22)23(28)27-13-5-7-19-6-3-4-8-21(19)27/h3-4,6,8-12,14H,5,7,13,15H2,1-2H3,(H,24,25,26). The first-order valence-corrected chi connectivity index (χ1v) is 9.65. The van der Waals surface area contributed by atoms with E-state index in [4.69, 9.17) is 0 Å². The first kappa shape index (κ1) is 18.2. The predicted molar refractivity (Wildman–Crippen MR) is 112 cm³/mol. The van der Waals surface area contributed by atoms with E-state index in [1.54, 1.807) is 6.07 Å². The van der Waals surface area contributed by atoms with E-state index in [1.165, 1.54) is 16.7 Å². The first-order valence-electron chi connectivity index (χ1n) is 9.65. The number of aromatic nitrogens is 2. The van der Waals surface area contributed by atoms with Crippen LogP contribution < -0.4 is 10.2 Å². The second-order valence-electron chi connectivity index (χ2n) is 7.21. The molecule has 1 aliphatic heterocycles. The highest BCUT2D eigenvalue weighted by Gasteiger charge is 2.24. The monoisotopic (exact) mass is 372 g/mol. The summed E-state index contributed by atoms with van der Waals surface area (Å²) >= 11 is 0. The van der Waals surface area contributed by atoms with Crippen LogP contribution in [0.3, 0.4) is 0 Å². The van der Waals surface area contributed by atoms with E-state index in [0.717, 1.165) is 18.5 Å². The first-order chi connectivity index (χ1) is 13.6. The SMILES string of the molecule is Cc1ccc(CNc2cc(C(=O)N3CCCc4ccccc43)nc(C)n2)cc1. The summed E-state index contributed by atoms with van der Waals surface area (Å²) in [5.74, 6) is 1.18. The lowest BCUT2D eigenvalue weighted by atomic mass is 10.0. The molecule has 2 heterocycles. The van der Waals surface area contributed by atoms with Crippen LogP contribution in [0.15, 0.2) is 54.6 Å². The van der Waals surface area contributed by atoms with Crippen molar-refractivity contribution in [2.75, 3.05) is 16.8 Å². The molecule has 0 spiro atoms. The molecular weight excluding hydrogens is 348 g/mol. The number of benzene rings is 2. The number of carbonyl (C=O) groups is 1. The number of hydrogen-bond donors (Lipinski definition) is 1. The normalized spacial score (nSPS) is 13.1. The quantitative estimate of drug-likeness (QED) is 0.742. The van der Waals surface area contributed by atoms with Crippen LogP contribution in [0.4, 0.5) is 11.5 Å². The fourth-order valence-electron chi connectivity index (χ4n) is 3.55. The zero-order valence-corrected chi connectivity index (χ0v) is 16.3. The maximum Gasteiger partial charge on any atom is 0.277 e. The van der Waals surface area contributed by atoms with Crippen LogP contribution in [-0.4, -0.2) is 22.4 Å². The van der Waals surface area contributed by atoms with Gasteiger partial charge in [-0.3, -0.25) is 4.79 Å². The van der Waals surface area contributed by atoms with E-state index >= 15 is 0 Å². The van der Waals surface area contributed by atoms with Crippen molar-refractivity contribution in [3.8, 4) is 0 Å². The van der Waals surface area contributed by atoms with Crippen molar-refractivity contribution in [1.29, 1.82) is 0 Å². The van der Waals surface area contributed by atoms with Gasteiger partial charge in [-0.25, -0.2) is 9.97 Å². The van der Waals surface area contributed by atoms with Crippen molar-refractivity contribution in [1.82, 2.24) is 9.97 Å². The minimum Gasteiger partial charge on any atom is -0.366 e. The van der Waals surface area contributed by atoms with Gasteiger partial charge in [0.1, 0.15) is 17.3 Å². The summed E-state index contributed by atoms with van der Waals surface area (Å²) in [6, 6.07) is 18.2. The molecule has 1 aliphatic rings. The lowest BCUT2D eigenvalue weighted by Crippen LogP contribution is -2.36. The molecule has 0 saturated carbocycles. The molecule has 5 heteroatoms. The largest absolute Gasteiger partial charge is 0.366 e. The van der Waals surface area contributed by atoms with Crippen molar-refractivity contribution in [2.24, 2.45) is 0 Å². The van der Waals surface area contributed by atoms with Crippen molar-refractivity contribution in [3.63, 3.8) is 0 Å². The van der Waals surface area contributed by atoms with Crippen LogP contribution in [0.1, 0.15) is 39.4 Å². The molecule has 0 unspecified atom stereocenters. The molecule has 1 aromatic heterocycles. The summed E-state index contributed by atoms with van der Waals surface area (Å²) in [5, 5.41) is 3.32. The van der Waals surface area contributed by atoms with Gasteiger partial charge in [0, 0.05) is 24.8 Å². The fraction of sp³-hybridized carbons (Fsp3) is 0.261. The Labute approximate surface area is 165 Å². The molecule has 0 atom stereocenters. The summed E-state index contributed by atoms with van der Waals surface area (Å²) in [6.45, 7) is 5.25. The van der Waals surface area contributed by atoms with Gasteiger partial charge < -0.3 is 10.2 Å². The number of anilines is 2. The summed E-state index contributed by atoms with van der Waals surface area (Å²) in [5.41, 5.74) is 5.03. The Bertz CT molecular complexity index is 998. The van der Waals surface area contributed by atoms with E-state index < -0.39 is 0 Å². The molecule has 0 radical (unpaired) electrons. The number of nitrogens with zero attached hydrogens (tertiary/aromatic N) is 3. The van der Waals surface area contributed by atoms with Gasteiger partial charge in [-0.05, 0) is 43.9 Å². The molecule has 0 fully saturated rings. The summed E-state index contributed by atoms with van der Waals surface area (Å²) in [4.78, 5) is 23.9. The van der Waals surface area contributed by atoms with Crippen LogP contribution in [0.2, 0.25) is 0 Å². The third-order valence-electron chi connectivity index (χ3n) is 5.01. The van der Waals surface area contributed by atoms with Gasteiger partial charge >= 0.3 is 0 Å². The third-order valence-corrected chi connectivity index (χ3v) is 5.01. The van der Waals surface area contributed by atoms with E-state index in [9.17, 15) is 4.79 Å². The van der Waals surface area contributed by atoms with Gasteiger partial charge in [0.05, 0.1) is 0 Å². The van der Waals surface area contributed by atoms with Crippen molar-refractivity contribution in [3.05, 3.63) is 82.8 Å². The Morgan fingerprint density at radius 1 is 1.07 bits per heavy atom. The highest BCUT2D eigenvalue weighted by molar-refractivity contribution is 6.05. The van der Waals surface area contributed by atoms with Crippen LogP contribution >= 0.6 is 0 Å². The second-order valence-corrected chi connectivity index (χ2v) is 7.21. The average Bonchev–Trinajstić information content (AvgIpc) is 2.72. The lowest BCUT2D eigenvalue weighted by Gasteiger charge is -2.29. The highest BCUT2D eigenvalue weighted by Crippen LogP contribution is 2.28. The van der Waals surface area contributed by atoms with Crippen molar-refractivity contribution < 1.29 is 4.79 Å². The number of amides is 1. The molecule has 3 aromatic rings. The molecular formula is C23H24N4O. The second kappa shape index (κ2) is 7.80. The average molecular weight is 372 g/mol. The zero-order valence-electron chi connectivity index (χ0n) is 16.3. The Morgan fingerprint density at radius 2 is 1.86 bits per heavy atom. The maximum atomic E-state index is 13.2. The van der Waals surface area contributed by atoms with E-state index in [0.29, 0.717) is 30.4 Å². The van der Waals surface area contributed by atoms with Gasteiger partial charge in [0.15, 0.2) is 0 Å². The van der Waals surface area contributed by atoms with Crippen LogP contribution in [-0.2, 0) is 13.0 Å². The summed E-state index contributed by atoms with van der Waals surface area (Å²) < 4.78 is 0. The topological polar surface area (TPSA) is 58.1 Å². The lowest BCUT2D eigenvalue weighted by molar-refractivity contribution is 0.0980. The Hall–Kier alpha value is -3.21. The van der Waals surface area contributed by atoms with Crippen LogP contribution in [0, 0.1) is 13.8 Å². The number of aryl methyl sites for hydroxylation is 3. The van der Waals surface area contributed by atoms with E-state index in [2.05, 4.69) is 52.5 Å². The van der Waals surface area contributed by atoms with Crippen molar-refractivity contribution >= 4 is 17.4 Å². The highest BCUT2D eigenvalue weighted by atomic mass is 16.2. The maximum absolute atomic E-state index is 13.2. The molecule has 28 heavy (non-hydrogen) atoms. The van der Waals surface area contributed by atoms with Crippen LogP contribution in [0.25, 0.3) is 0 Å². The third kappa shape index (κ3) is 3.88. The number of carbonyl (C=O) groups excluding carboxylic acids is 1.